The van der Waals surface area contributed by atoms with Crippen LogP contribution < -0.4 is 4.74 Å². The molecule has 1 aliphatic rings. The molecule has 0 radical (unpaired) electrons. The second-order valence-corrected chi connectivity index (χ2v) is 5.59. The van der Waals surface area contributed by atoms with E-state index in [1.165, 1.54) is 0 Å². The number of ether oxygens (including phenoxy) is 1. The van der Waals surface area contributed by atoms with E-state index in [1.807, 2.05) is 12.1 Å². The third-order valence-corrected chi connectivity index (χ3v) is 4.04. The molecule has 1 aliphatic heterocycles. The first-order valence-corrected chi connectivity index (χ1v) is 7.33. The Bertz CT molecular complexity index is 520. The van der Waals surface area contributed by atoms with Gasteiger partial charge in [0, 0.05) is 29.7 Å². The maximum atomic E-state index is 8.71. The maximum Gasteiger partial charge on any atom is 0.119 e. The van der Waals surface area contributed by atoms with Crippen LogP contribution in [0.15, 0.2) is 34.3 Å². The molecule has 0 aliphatic carbocycles. The van der Waals surface area contributed by atoms with Crippen molar-refractivity contribution < 1.29 is 4.74 Å². The Hall–Kier alpha value is -1.21. The maximum absolute atomic E-state index is 8.71. The molecule has 106 valence electrons. The molecule has 1 heterocycles. The molecular weight excluding hydrogens is 295 g/mol. The third kappa shape index (κ3) is 4.42. The van der Waals surface area contributed by atoms with E-state index in [0.29, 0.717) is 12.2 Å². The highest BCUT2D eigenvalue weighted by molar-refractivity contribution is 6.39. The van der Waals surface area contributed by atoms with E-state index in [9.17, 15) is 0 Å². The molecule has 20 heavy (non-hydrogen) atoms. The zero-order chi connectivity index (χ0) is 14.4. The summed E-state index contributed by atoms with van der Waals surface area (Å²) in [6.45, 7) is 3.28. The quantitative estimate of drug-likeness (QED) is 0.778. The summed E-state index contributed by atoms with van der Waals surface area (Å²) in [5.74, 6) is 0.795. The van der Waals surface area contributed by atoms with E-state index in [1.54, 1.807) is 12.1 Å². The zero-order valence-corrected chi connectivity index (χ0v) is 12.6. The topological polar surface area (TPSA) is 36.3 Å². The molecule has 1 aromatic carbocycles. The molecule has 2 rings (SSSR count). The summed E-state index contributed by atoms with van der Waals surface area (Å²) in [4.78, 5) is 2.27. The first-order valence-electron chi connectivity index (χ1n) is 6.57. The lowest BCUT2D eigenvalue weighted by Gasteiger charge is -2.26. The lowest BCUT2D eigenvalue weighted by atomic mass is 10.2. The summed E-state index contributed by atoms with van der Waals surface area (Å²) >= 11 is 12.0. The largest absolute Gasteiger partial charge is 0.494 e. The summed E-state index contributed by atoms with van der Waals surface area (Å²) in [6, 6.07) is 9.23. The Morgan fingerprint density at radius 1 is 1.20 bits per heavy atom. The summed E-state index contributed by atoms with van der Waals surface area (Å²) in [7, 11) is 0. The van der Waals surface area contributed by atoms with Crippen molar-refractivity contribution in [2.24, 2.45) is 0 Å². The number of benzene rings is 1. The Morgan fingerprint density at radius 2 is 1.95 bits per heavy atom. The lowest BCUT2D eigenvalue weighted by molar-refractivity contribution is 0.244. The molecular formula is C15H16Cl2N2O. The van der Waals surface area contributed by atoms with E-state index < -0.39 is 0 Å². The molecule has 0 amide bonds. The molecule has 0 aromatic heterocycles. The van der Waals surface area contributed by atoms with E-state index in [0.717, 1.165) is 48.3 Å². The standard InChI is InChI=1S/C15H16Cl2N2O/c16-14-6-8-19(11-15(14)17)7-1-9-20-13-4-2-12(10-18)3-5-13/h2-5H,1,6-9,11H2. The van der Waals surface area contributed by atoms with Gasteiger partial charge in [-0.05, 0) is 37.1 Å². The van der Waals surface area contributed by atoms with Crippen LogP contribution in [-0.2, 0) is 0 Å². The molecule has 0 saturated carbocycles. The Morgan fingerprint density at radius 3 is 2.60 bits per heavy atom. The second-order valence-electron chi connectivity index (χ2n) is 4.67. The zero-order valence-electron chi connectivity index (χ0n) is 11.1. The van der Waals surface area contributed by atoms with E-state index in [4.69, 9.17) is 33.2 Å². The van der Waals surface area contributed by atoms with Crippen LogP contribution in [0, 0.1) is 11.3 Å². The van der Waals surface area contributed by atoms with Gasteiger partial charge in [-0.1, -0.05) is 23.2 Å². The smallest absolute Gasteiger partial charge is 0.119 e. The van der Waals surface area contributed by atoms with Crippen LogP contribution in [0.2, 0.25) is 0 Å². The van der Waals surface area contributed by atoms with Crippen LogP contribution in [0.5, 0.6) is 5.75 Å². The molecule has 0 N–H and O–H groups in total. The van der Waals surface area contributed by atoms with Crippen LogP contribution >= 0.6 is 23.2 Å². The van der Waals surface area contributed by atoms with Crippen molar-refractivity contribution in [1.29, 1.82) is 5.26 Å². The predicted molar refractivity (Wildman–Crippen MR) is 81.1 cm³/mol. The minimum Gasteiger partial charge on any atom is -0.494 e. The first-order chi connectivity index (χ1) is 9.69. The first kappa shape index (κ1) is 15.2. The van der Waals surface area contributed by atoms with Crippen LogP contribution in [0.25, 0.3) is 0 Å². The van der Waals surface area contributed by atoms with Gasteiger partial charge in [-0.3, -0.25) is 4.90 Å². The third-order valence-electron chi connectivity index (χ3n) is 3.18. The minimum absolute atomic E-state index is 0.643. The van der Waals surface area contributed by atoms with Gasteiger partial charge in [0.1, 0.15) is 5.75 Å². The van der Waals surface area contributed by atoms with Crippen molar-refractivity contribution in [2.45, 2.75) is 12.8 Å². The normalized spacial score (nSPS) is 16.1. The van der Waals surface area contributed by atoms with Crippen molar-refractivity contribution in [1.82, 2.24) is 4.90 Å². The van der Waals surface area contributed by atoms with Crippen molar-refractivity contribution >= 4 is 23.2 Å². The molecule has 0 spiro atoms. The molecule has 0 fully saturated rings. The van der Waals surface area contributed by atoms with Gasteiger partial charge in [0.15, 0.2) is 0 Å². The van der Waals surface area contributed by atoms with Crippen molar-refractivity contribution in [2.75, 3.05) is 26.2 Å². The second kappa shape index (κ2) is 7.54. The summed E-state index contributed by atoms with van der Waals surface area (Å²) < 4.78 is 5.64. The summed E-state index contributed by atoms with van der Waals surface area (Å²) in [5, 5.41) is 10.3. The van der Waals surface area contributed by atoms with Gasteiger partial charge < -0.3 is 4.74 Å². The van der Waals surface area contributed by atoms with E-state index in [-0.39, 0.29) is 0 Å². The van der Waals surface area contributed by atoms with Gasteiger partial charge in [0.25, 0.3) is 0 Å². The Labute approximate surface area is 129 Å². The van der Waals surface area contributed by atoms with Crippen LogP contribution in [0.3, 0.4) is 0 Å². The van der Waals surface area contributed by atoms with E-state index >= 15 is 0 Å². The monoisotopic (exact) mass is 310 g/mol. The number of rotatable bonds is 5. The number of halogens is 2. The molecule has 0 atom stereocenters. The van der Waals surface area contributed by atoms with Crippen LogP contribution in [0.4, 0.5) is 0 Å². The fourth-order valence-corrected chi connectivity index (χ4v) is 2.46. The van der Waals surface area contributed by atoms with Crippen molar-refractivity contribution in [3.63, 3.8) is 0 Å². The molecule has 5 heteroatoms. The highest BCUT2D eigenvalue weighted by atomic mass is 35.5. The molecule has 1 aromatic rings. The molecule has 0 bridgehead atoms. The van der Waals surface area contributed by atoms with Gasteiger partial charge in [-0.25, -0.2) is 0 Å². The molecule has 0 saturated heterocycles. The SMILES string of the molecule is N#Cc1ccc(OCCCN2CCC(Cl)=C(Cl)C2)cc1. The average molecular weight is 311 g/mol. The molecule has 3 nitrogen and oxygen atoms in total. The Balaban J connectivity index is 1.68. The molecule has 0 unspecified atom stereocenters. The fourth-order valence-electron chi connectivity index (χ4n) is 2.05. The number of nitrogens with zero attached hydrogens (tertiary/aromatic N) is 2. The Kier molecular flexibility index (Phi) is 5.72. The van der Waals surface area contributed by atoms with Gasteiger partial charge in [-0.2, -0.15) is 5.26 Å². The van der Waals surface area contributed by atoms with Gasteiger partial charge in [0.2, 0.25) is 0 Å². The summed E-state index contributed by atoms with van der Waals surface area (Å²) in [6.07, 6.45) is 1.76. The van der Waals surface area contributed by atoms with Gasteiger partial charge >= 0.3 is 0 Å². The van der Waals surface area contributed by atoms with Crippen molar-refractivity contribution in [3.05, 3.63) is 39.9 Å². The van der Waals surface area contributed by atoms with Crippen molar-refractivity contribution in [3.8, 4) is 11.8 Å². The van der Waals surface area contributed by atoms with E-state index in [2.05, 4.69) is 11.0 Å². The van der Waals surface area contributed by atoms with Gasteiger partial charge in [-0.15, -0.1) is 0 Å². The van der Waals surface area contributed by atoms with Gasteiger partial charge in [0.05, 0.1) is 18.2 Å². The number of hydrogen-bond donors (Lipinski definition) is 0. The highest BCUT2D eigenvalue weighted by Gasteiger charge is 2.15. The van der Waals surface area contributed by atoms with Crippen LogP contribution in [-0.4, -0.2) is 31.1 Å². The average Bonchev–Trinajstić information content (AvgIpc) is 2.48. The lowest BCUT2D eigenvalue weighted by Crippen LogP contribution is -2.31. The highest BCUT2D eigenvalue weighted by Crippen LogP contribution is 2.23. The number of hydrogen-bond acceptors (Lipinski definition) is 3. The van der Waals surface area contributed by atoms with Crippen LogP contribution in [0.1, 0.15) is 18.4 Å². The number of nitriles is 1. The fraction of sp³-hybridized carbons (Fsp3) is 0.400. The summed E-state index contributed by atoms with van der Waals surface area (Å²) in [5.41, 5.74) is 0.643. The predicted octanol–water partition coefficient (Wildman–Crippen LogP) is 3.72. The minimum atomic E-state index is 0.643.